The van der Waals surface area contributed by atoms with Gasteiger partial charge in [-0.15, -0.1) is 0 Å². The standard InChI is InChI=1S/C16H18FNO5S2/c17-14-8-10-15(11-9-14)24(19,20)18-12-4-7-16(25(21,22)23)13-5-2-1-3-6-13/h1-3,5-6,8-11,16,18H,4,7,12H2,(H,21,22,23). The van der Waals surface area contributed by atoms with E-state index in [-0.39, 0.29) is 24.3 Å². The van der Waals surface area contributed by atoms with E-state index in [9.17, 15) is 25.8 Å². The Hall–Kier alpha value is -1.81. The van der Waals surface area contributed by atoms with Crippen molar-refractivity contribution in [2.45, 2.75) is 23.0 Å². The molecule has 0 aliphatic rings. The fourth-order valence-electron chi connectivity index (χ4n) is 2.35. The Morgan fingerprint density at radius 3 is 2.12 bits per heavy atom. The lowest BCUT2D eigenvalue weighted by Gasteiger charge is -2.14. The first-order valence-electron chi connectivity index (χ1n) is 7.46. The molecule has 0 heterocycles. The fraction of sp³-hybridized carbons (Fsp3) is 0.250. The van der Waals surface area contributed by atoms with Gasteiger partial charge in [0.05, 0.1) is 4.90 Å². The van der Waals surface area contributed by atoms with Crippen LogP contribution in [0.15, 0.2) is 59.5 Å². The average Bonchev–Trinajstić information content (AvgIpc) is 2.54. The lowest BCUT2D eigenvalue weighted by molar-refractivity contribution is 0.461. The van der Waals surface area contributed by atoms with Gasteiger partial charge in [0.2, 0.25) is 10.0 Å². The van der Waals surface area contributed by atoms with E-state index in [1.807, 2.05) is 0 Å². The summed E-state index contributed by atoms with van der Waals surface area (Å²) in [6.07, 6.45) is 0.245. The Balaban J connectivity index is 1.97. The van der Waals surface area contributed by atoms with Crippen LogP contribution in [0.5, 0.6) is 0 Å². The Morgan fingerprint density at radius 2 is 1.56 bits per heavy atom. The molecule has 2 aromatic carbocycles. The molecular weight excluding hydrogens is 369 g/mol. The summed E-state index contributed by atoms with van der Waals surface area (Å²) in [6, 6.07) is 12.6. The third kappa shape index (κ3) is 5.60. The minimum atomic E-state index is -4.31. The number of hydrogen-bond donors (Lipinski definition) is 2. The molecule has 0 saturated carbocycles. The van der Waals surface area contributed by atoms with Crippen LogP contribution in [0.2, 0.25) is 0 Å². The summed E-state index contributed by atoms with van der Waals surface area (Å²) in [5.41, 5.74) is 0.436. The van der Waals surface area contributed by atoms with Gasteiger partial charge in [-0.1, -0.05) is 30.3 Å². The summed E-state index contributed by atoms with van der Waals surface area (Å²) in [6.45, 7) is -0.0153. The Labute approximate surface area is 146 Å². The molecule has 0 saturated heterocycles. The van der Waals surface area contributed by atoms with Gasteiger partial charge < -0.3 is 0 Å². The monoisotopic (exact) mass is 387 g/mol. The van der Waals surface area contributed by atoms with Gasteiger partial charge in [-0.3, -0.25) is 4.55 Å². The Bertz CT molecular complexity index is 897. The summed E-state index contributed by atoms with van der Waals surface area (Å²) in [5, 5.41) is -1.12. The second-order valence-electron chi connectivity index (χ2n) is 5.41. The highest BCUT2D eigenvalue weighted by atomic mass is 32.2. The molecule has 1 atom stereocenters. The maximum atomic E-state index is 12.8. The summed E-state index contributed by atoms with van der Waals surface area (Å²) < 4.78 is 71.8. The topological polar surface area (TPSA) is 101 Å². The zero-order chi connectivity index (χ0) is 18.5. The molecule has 0 aliphatic carbocycles. The summed E-state index contributed by atoms with van der Waals surface area (Å²) in [5.74, 6) is -0.544. The molecule has 2 aromatic rings. The van der Waals surface area contributed by atoms with Crippen molar-refractivity contribution < 1.29 is 25.8 Å². The summed E-state index contributed by atoms with van der Waals surface area (Å²) >= 11 is 0. The third-order valence-electron chi connectivity index (χ3n) is 3.59. The molecule has 2 N–H and O–H groups in total. The second kappa shape index (κ2) is 8.05. The predicted molar refractivity (Wildman–Crippen MR) is 91.6 cm³/mol. The molecule has 0 amide bonds. The molecule has 6 nitrogen and oxygen atoms in total. The van der Waals surface area contributed by atoms with E-state index in [1.54, 1.807) is 30.3 Å². The first kappa shape index (κ1) is 19.5. The quantitative estimate of drug-likeness (QED) is 0.535. The van der Waals surface area contributed by atoms with Crippen LogP contribution in [-0.2, 0) is 20.1 Å². The molecule has 0 spiro atoms. The molecule has 9 heteroatoms. The summed E-state index contributed by atoms with van der Waals surface area (Å²) in [7, 11) is -8.11. The van der Waals surface area contributed by atoms with E-state index >= 15 is 0 Å². The molecule has 136 valence electrons. The minimum absolute atomic E-state index is 0.0153. The maximum Gasteiger partial charge on any atom is 0.271 e. The zero-order valence-corrected chi connectivity index (χ0v) is 14.8. The van der Waals surface area contributed by atoms with Crippen LogP contribution in [0.4, 0.5) is 4.39 Å². The van der Waals surface area contributed by atoms with Crippen LogP contribution in [-0.4, -0.2) is 27.9 Å². The normalized spacial score (nSPS) is 13.5. The van der Waals surface area contributed by atoms with Gasteiger partial charge in [0.1, 0.15) is 11.1 Å². The number of hydrogen-bond acceptors (Lipinski definition) is 4. The zero-order valence-electron chi connectivity index (χ0n) is 13.2. The molecular formula is C16H18FNO5S2. The van der Waals surface area contributed by atoms with Crippen molar-refractivity contribution in [2.75, 3.05) is 6.54 Å². The number of sulfonamides is 1. The summed E-state index contributed by atoms with van der Waals surface area (Å²) in [4.78, 5) is -0.0803. The van der Waals surface area contributed by atoms with Gasteiger partial charge in [0.15, 0.2) is 0 Å². The molecule has 0 aromatic heterocycles. The highest BCUT2D eigenvalue weighted by Crippen LogP contribution is 2.26. The van der Waals surface area contributed by atoms with Crippen LogP contribution in [0.25, 0.3) is 0 Å². The van der Waals surface area contributed by atoms with Crippen LogP contribution in [0, 0.1) is 5.82 Å². The predicted octanol–water partition coefficient (Wildman–Crippen LogP) is 2.51. The Morgan fingerprint density at radius 1 is 0.960 bits per heavy atom. The van der Waals surface area contributed by atoms with Crippen molar-refractivity contribution in [1.29, 1.82) is 0 Å². The van der Waals surface area contributed by atoms with Crippen LogP contribution in [0.3, 0.4) is 0 Å². The highest BCUT2D eigenvalue weighted by molar-refractivity contribution is 7.89. The van der Waals surface area contributed by atoms with E-state index in [0.29, 0.717) is 5.56 Å². The van der Waals surface area contributed by atoms with Gasteiger partial charge in [-0.2, -0.15) is 8.42 Å². The van der Waals surface area contributed by atoms with Crippen molar-refractivity contribution in [3.05, 3.63) is 66.0 Å². The van der Waals surface area contributed by atoms with E-state index in [2.05, 4.69) is 4.72 Å². The lowest BCUT2D eigenvalue weighted by atomic mass is 10.1. The molecule has 0 fully saturated rings. The van der Waals surface area contributed by atoms with Gasteiger partial charge in [0.25, 0.3) is 10.1 Å². The largest absolute Gasteiger partial charge is 0.285 e. The Kier molecular flexibility index (Phi) is 6.28. The number of nitrogens with one attached hydrogen (secondary N) is 1. The smallest absolute Gasteiger partial charge is 0.271 e. The average molecular weight is 387 g/mol. The number of halogens is 1. The maximum absolute atomic E-state index is 12.8. The van der Waals surface area contributed by atoms with Gasteiger partial charge in [-0.05, 0) is 42.7 Å². The van der Waals surface area contributed by atoms with Crippen LogP contribution >= 0.6 is 0 Å². The second-order valence-corrected chi connectivity index (χ2v) is 8.77. The molecule has 0 aliphatic heterocycles. The van der Waals surface area contributed by atoms with Gasteiger partial charge in [-0.25, -0.2) is 17.5 Å². The van der Waals surface area contributed by atoms with Crippen molar-refractivity contribution in [2.24, 2.45) is 0 Å². The van der Waals surface area contributed by atoms with Crippen LogP contribution in [0.1, 0.15) is 23.7 Å². The van der Waals surface area contributed by atoms with E-state index < -0.39 is 31.2 Å². The SMILES string of the molecule is O=S(=O)(NCCCC(c1ccccc1)S(=O)(=O)O)c1ccc(F)cc1. The molecule has 25 heavy (non-hydrogen) atoms. The van der Waals surface area contributed by atoms with Crippen molar-refractivity contribution >= 4 is 20.1 Å². The third-order valence-corrected chi connectivity index (χ3v) is 6.29. The van der Waals surface area contributed by atoms with E-state index in [0.717, 1.165) is 24.3 Å². The molecule has 1 unspecified atom stereocenters. The van der Waals surface area contributed by atoms with E-state index in [4.69, 9.17) is 0 Å². The lowest BCUT2D eigenvalue weighted by Crippen LogP contribution is -2.25. The molecule has 0 bridgehead atoms. The van der Waals surface area contributed by atoms with Gasteiger partial charge >= 0.3 is 0 Å². The first-order valence-corrected chi connectivity index (χ1v) is 10.5. The number of rotatable bonds is 8. The van der Waals surface area contributed by atoms with Crippen molar-refractivity contribution in [1.82, 2.24) is 4.72 Å². The van der Waals surface area contributed by atoms with Gasteiger partial charge in [0, 0.05) is 6.54 Å². The van der Waals surface area contributed by atoms with Crippen molar-refractivity contribution in [3.8, 4) is 0 Å². The fourth-order valence-corrected chi connectivity index (χ4v) is 4.39. The first-order chi connectivity index (χ1) is 11.7. The van der Waals surface area contributed by atoms with Crippen molar-refractivity contribution in [3.63, 3.8) is 0 Å². The van der Waals surface area contributed by atoms with Crippen LogP contribution < -0.4 is 4.72 Å². The van der Waals surface area contributed by atoms with E-state index in [1.165, 1.54) is 0 Å². The molecule has 2 rings (SSSR count). The molecule has 0 radical (unpaired) electrons. The number of benzene rings is 2. The highest BCUT2D eigenvalue weighted by Gasteiger charge is 2.24. The minimum Gasteiger partial charge on any atom is -0.285 e.